The Morgan fingerprint density at radius 1 is 1.03 bits per heavy atom. The Kier molecular flexibility index (Phi) is 6.58. The standard InChI is InChI=1S/C26H18ClF4NO3/c1-15-5-12-22(32(15)18-10-11-21(27)19(13-18)25(33)34)24-20(26(29,30)31)3-2-4-23(24)35-14-16-6-8-17(28)9-7-16/h2-13H,14H2,1H3,(H,33,34). The Labute approximate surface area is 203 Å². The van der Waals surface area contributed by atoms with Crippen molar-refractivity contribution in [3.63, 3.8) is 0 Å². The van der Waals surface area contributed by atoms with Gasteiger partial charge in [-0.2, -0.15) is 13.2 Å². The zero-order valence-corrected chi connectivity index (χ0v) is 19.0. The van der Waals surface area contributed by atoms with E-state index in [0.29, 0.717) is 16.9 Å². The van der Waals surface area contributed by atoms with Crippen molar-refractivity contribution >= 4 is 17.6 Å². The van der Waals surface area contributed by atoms with Crippen molar-refractivity contribution in [1.29, 1.82) is 0 Å². The van der Waals surface area contributed by atoms with E-state index in [1.165, 1.54) is 65.2 Å². The summed E-state index contributed by atoms with van der Waals surface area (Å²) in [5, 5.41) is 9.45. The molecule has 0 aliphatic rings. The fraction of sp³-hybridized carbons (Fsp3) is 0.115. The molecule has 0 aliphatic heterocycles. The number of nitrogens with zero attached hydrogens (tertiary/aromatic N) is 1. The summed E-state index contributed by atoms with van der Waals surface area (Å²) in [5.74, 6) is -1.73. The molecular formula is C26H18ClF4NO3. The molecule has 180 valence electrons. The van der Waals surface area contributed by atoms with Crippen LogP contribution in [0.2, 0.25) is 5.02 Å². The molecule has 1 N–H and O–H groups in total. The van der Waals surface area contributed by atoms with Crippen molar-refractivity contribution in [1.82, 2.24) is 4.57 Å². The molecule has 0 amide bonds. The molecule has 4 rings (SSSR count). The van der Waals surface area contributed by atoms with E-state index < -0.39 is 23.5 Å². The molecule has 4 nitrogen and oxygen atoms in total. The average molecular weight is 504 g/mol. The number of aromatic nitrogens is 1. The maximum absolute atomic E-state index is 14.1. The van der Waals surface area contributed by atoms with Crippen molar-refractivity contribution in [2.45, 2.75) is 19.7 Å². The molecule has 0 fully saturated rings. The molecule has 0 atom stereocenters. The summed E-state index contributed by atoms with van der Waals surface area (Å²) < 4.78 is 62.8. The van der Waals surface area contributed by atoms with Gasteiger partial charge in [0.05, 0.1) is 27.4 Å². The van der Waals surface area contributed by atoms with E-state index in [4.69, 9.17) is 16.3 Å². The van der Waals surface area contributed by atoms with Gasteiger partial charge < -0.3 is 14.4 Å². The largest absolute Gasteiger partial charge is 0.488 e. The second-order valence-corrected chi connectivity index (χ2v) is 8.16. The van der Waals surface area contributed by atoms with Crippen molar-refractivity contribution in [3.8, 4) is 22.7 Å². The monoisotopic (exact) mass is 503 g/mol. The summed E-state index contributed by atoms with van der Waals surface area (Å²) >= 11 is 5.99. The van der Waals surface area contributed by atoms with Gasteiger partial charge in [0.2, 0.25) is 0 Å². The lowest BCUT2D eigenvalue weighted by molar-refractivity contribution is -0.137. The summed E-state index contributed by atoms with van der Waals surface area (Å²) in [6, 6.07) is 16.4. The molecule has 1 heterocycles. The highest BCUT2D eigenvalue weighted by atomic mass is 35.5. The van der Waals surface area contributed by atoms with E-state index in [9.17, 15) is 27.5 Å². The number of carboxylic acids is 1. The van der Waals surface area contributed by atoms with E-state index in [0.717, 1.165) is 6.07 Å². The highest BCUT2D eigenvalue weighted by Gasteiger charge is 2.36. The van der Waals surface area contributed by atoms with Crippen LogP contribution in [0.3, 0.4) is 0 Å². The number of alkyl halides is 3. The van der Waals surface area contributed by atoms with Crippen LogP contribution in [0.5, 0.6) is 5.75 Å². The number of carbonyl (C=O) groups is 1. The number of hydrogen-bond donors (Lipinski definition) is 1. The van der Waals surface area contributed by atoms with Gasteiger partial charge in [-0.1, -0.05) is 29.8 Å². The highest BCUT2D eigenvalue weighted by molar-refractivity contribution is 6.33. The van der Waals surface area contributed by atoms with E-state index >= 15 is 0 Å². The average Bonchev–Trinajstić information content (AvgIpc) is 3.19. The predicted octanol–water partition coefficient (Wildman–Crippen LogP) is 7.54. The van der Waals surface area contributed by atoms with Crippen LogP contribution >= 0.6 is 11.6 Å². The number of ether oxygens (including phenoxy) is 1. The Morgan fingerprint density at radius 2 is 1.74 bits per heavy atom. The van der Waals surface area contributed by atoms with E-state index in [-0.39, 0.29) is 34.2 Å². The van der Waals surface area contributed by atoms with Crippen molar-refractivity contribution in [2.75, 3.05) is 0 Å². The lowest BCUT2D eigenvalue weighted by Crippen LogP contribution is -2.11. The van der Waals surface area contributed by atoms with Crippen molar-refractivity contribution in [2.24, 2.45) is 0 Å². The predicted molar refractivity (Wildman–Crippen MR) is 124 cm³/mol. The molecule has 0 saturated heterocycles. The second-order valence-electron chi connectivity index (χ2n) is 7.76. The van der Waals surface area contributed by atoms with Crippen LogP contribution < -0.4 is 4.74 Å². The maximum Gasteiger partial charge on any atom is 0.417 e. The van der Waals surface area contributed by atoms with Gasteiger partial charge in [0.1, 0.15) is 18.2 Å². The molecule has 4 aromatic rings. The summed E-state index contributed by atoms with van der Waals surface area (Å²) in [6.45, 7) is 1.60. The Morgan fingerprint density at radius 3 is 2.40 bits per heavy atom. The SMILES string of the molecule is Cc1ccc(-c2c(OCc3ccc(F)cc3)cccc2C(F)(F)F)n1-c1ccc(Cl)c(C(=O)O)c1. The quantitative estimate of drug-likeness (QED) is 0.276. The first-order valence-corrected chi connectivity index (χ1v) is 10.7. The smallest absolute Gasteiger partial charge is 0.417 e. The van der Waals surface area contributed by atoms with Gasteiger partial charge in [0, 0.05) is 11.4 Å². The number of aryl methyl sites for hydroxylation is 1. The Balaban J connectivity index is 1.88. The molecule has 0 saturated carbocycles. The third-order valence-corrected chi connectivity index (χ3v) is 5.74. The van der Waals surface area contributed by atoms with Gasteiger partial charge in [-0.25, -0.2) is 9.18 Å². The first-order chi connectivity index (χ1) is 16.6. The summed E-state index contributed by atoms with van der Waals surface area (Å²) in [6.07, 6.45) is -4.69. The minimum absolute atomic E-state index is 0.00613. The lowest BCUT2D eigenvalue weighted by Gasteiger charge is -2.20. The zero-order valence-electron chi connectivity index (χ0n) is 18.2. The molecule has 0 bridgehead atoms. The van der Waals surface area contributed by atoms with Crippen LogP contribution in [0.1, 0.15) is 27.2 Å². The number of halogens is 5. The maximum atomic E-state index is 14.1. The van der Waals surface area contributed by atoms with Gasteiger partial charge in [0.25, 0.3) is 0 Å². The summed E-state index contributed by atoms with van der Waals surface area (Å²) in [7, 11) is 0. The van der Waals surface area contributed by atoms with Crippen molar-refractivity contribution in [3.05, 3.63) is 106 Å². The number of aromatic carboxylic acids is 1. The van der Waals surface area contributed by atoms with Crippen LogP contribution in [-0.2, 0) is 12.8 Å². The third-order valence-electron chi connectivity index (χ3n) is 5.41. The fourth-order valence-electron chi connectivity index (χ4n) is 3.79. The molecule has 35 heavy (non-hydrogen) atoms. The van der Waals surface area contributed by atoms with E-state index in [2.05, 4.69) is 0 Å². The van der Waals surface area contributed by atoms with E-state index in [1.807, 2.05) is 0 Å². The van der Waals surface area contributed by atoms with Crippen LogP contribution in [-0.4, -0.2) is 15.6 Å². The van der Waals surface area contributed by atoms with Crippen molar-refractivity contribution < 1.29 is 32.2 Å². The van der Waals surface area contributed by atoms with Crippen LogP contribution in [0.25, 0.3) is 16.9 Å². The van der Waals surface area contributed by atoms with Gasteiger partial charge in [-0.15, -0.1) is 0 Å². The van der Waals surface area contributed by atoms with Gasteiger partial charge >= 0.3 is 12.1 Å². The minimum Gasteiger partial charge on any atom is -0.488 e. The number of rotatable bonds is 6. The fourth-order valence-corrected chi connectivity index (χ4v) is 3.98. The number of carboxylic acid groups (broad SMARTS) is 1. The molecule has 0 aliphatic carbocycles. The Hall–Kier alpha value is -3.78. The molecule has 9 heteroatoms. The van der Waals surface area contributed by atoms with Crippen LogP contribution in [0.4, 0.5) is 17.6 Å². The summed E-state index contributed by atoms with van der Waals surface area (Å²) in [5.41, 5.74) is 0.322. The van der Waals surface area contributed by atoms with Crippen LogP contribution in [0, 0.1) is 12.7 Å². The van der Waals surface area contributed by atoms with Gasteiger partial charge in [0.15, 0.2) is 0 Å². The normalized spacial score (nSPS) is 11.5. The summed E-state index contributed by atoms with van der Waals surface area (Å²) in [4.78, 5) is 11.6. The molecule has 0 unspecified atom stereocenters. The molecule has 1 aromatic heterocycles. The molecular weight excluding hydrogens is 486 g/mol. The molecule has 0 spiro atoms. The van der Waals surface area contributed by atoms with E-state index in [1.54, 1.807) is 13.0 Å². The number of hydrogen-bond acceptors (Lipinski definition) is 2. The first kappa shape index (κ1) is 24.3. The Bertz CT molecular complexity index is 1390. The first-order valence-electron chi connectivity index (χ1n) is 10.4. The van der Waals surface area contributed by atoms with Gasteiger partial charge in [-0.3, -0.25) is 0 Å². The minimum atomic E-state index is -4.69. The van der Waals surface area contributed by atoms with Gasteiger partial charge in [-0.05, 0) is 67.1 Å². The second kappa shape index (κ2) is 9.46. The zero-order chi connectivity index (χ0) is 25.3. The highest BCUT2D eigenvalue weighted by Crippen LogP contribution is 2.44. The third kappa shape index (κ3) is 5.02. The molecule has 0 radical (unpaired) electrons. The number of benzene rings is 3. The van der Waals surface area contributed by atoms with Crippen LogP contribution in [0.15, 0.2) is 72.8 Å². The molecule has 3 aromatic carbocycles. The lowest BCUT2D eigenvalue weighted by atomic mass is 10.0. The topological polar surface area (TPSA) is 51.5 Å².